The van der Waals surface area contributed by atoms with Crippen LogP contribution in [0, 0.1) is 0 Å². The van der Waals surface area contributed by atoms with E-state index in [4.69, 9.17) is 4.43 Å². The molecule has 0 saturated carbocycles. The summed E-state index contributed by atoms with van der Waals surface area (Å²) in [7, 11) is -1.89. The molecule has 0 heterocycles. The zero-order valence-corrected chi connectivity index (χ0v) is 25.1. The maximum atomic E-state index is 7.02. The Morgan fingerprint density at radius 3 is 1.55 bits per heavy atom. The van der Waals surface area contributed by atoms with Crippen molar-refractivity contribution in [3.05, 3.63) is 180 Å². The molecular formula is C38H40OSi. The molecule has 0 aromatic heterocycles. The Morgan fingerprint density at radius 1 is 0.700 bits per heavy atom. The van der Waals surface area contributed by atoms with Crippen molar-refractivity contribution in [3.63, 3.8) is 0 Å². The summed E-state index contributed by atoms with van der Waals surface area (Å²) in [6, 6.07) is 44.1. The summed E-state index contributed by atoms with van der Waals surface area (Å²) in [5.41, 5.74) is 5.41. The normalized spacial score (nSPS) is 17.8. The van der Waals surface area contributed by atoms with Crippen LogP contribution in [-0.2, 0) is 9.84 Å². The van der Waals surface area contributed by atoms with E-state index in [2.05, 4.69) is 178 Å². The Kier molecular flexibility index (Phi) is 8.21. The smallest absolute Gasteiger partial charge is 0.185 e. The molecule has 202 valence electrons. The van der Waals surface area contributed by atoms with E-state index < -0.39 is 19.3 Å². The van der Waals surface area contributed by atoms with Crippen molar-refractivity contribution >= 4 is 8.32 Å². The lowest BCUT2D eigenvalue weighted by atomic mass is 9.57. The Balaban J connectivity index is 1.89. The Bertz CT molecular complexity index is 1390. The van der Waals surface area contributed by atoms with Crippen LogP contribution in [0.5, 0.6) is 0 Å². The number of hydrogen-bond acceptors (Lipinski definition) is 1. The van der Waals surface area contributed by atoms with Crippen LogP contribution in [0.15, 0.2) is 157 Å². The first-order valence-electron chi connectivity index (χ1n) is 14.3. The average Bonchev–Trinajstić information content (AvgIpc) is 2.97. The van der Waals surface area contributed by atoms with Crippen molar-refractivity contribution in [1.29, 1.82) is 0 Å². The predicted molar refractivity (Wildman–Crippen MR) is 172 cm³/mol. The van der Waals surface area contributed by atoms with Crippen LogP contribution >= 0.6 is 0 Å². The van der Waals surface area contributed by atoms with Gasteiger partial charge in [0, 0.05) is 12.3 Å². The van der Waals surface area contributed by atoms with Gasteiger partial charge in [-0.1, -0.05) is 145 Å². The van der Waals surface area contributed by atoms with E-state index in [1.54, 1.807) is 0 Å². The van der Waals surface area contributed by atoms with Gasteiger partial charge in [-0.15, -0.1) is 0 Å². The first kappa shape index (κ1) is 27.8. The van der Waals surface area contributed by atoms with Gasteiger partial charge in [0.2, 0.25) is 0 Å². The van der Waals surface area contributed by atoms with E-state index in [1.165, 1.54) is 27.8 Å². The molecule has 0 radical (unpaired) electrons. The molecule has 0 N–H and O–H groups in total. The minimum absolute atomic E-state index is 0.0305. The minimum atomic E-state index is -1.89. The summed E-state index contributed by atoms with van der Waals surface area (Å²) in [5, 5.41) is 0. The molecule has 5 rings (SSSR count). The standard InChI is InChI=1S/C38H40OSi/c1-31(30-37(39-40(2,3)4)28-18-9-19-29-37)38(34-24-14-7-15-25-34,35-26-16-8-17-27-35)36(32-20-10-5-11-21-32)33-22-12-6-13-23-33/h5-28,30,36H,29H2,1-4H3. The molecule has 1 unspecified atom stereocenters. The topological polar surface area (TPSA) is 9.23 Å². The molecule has 40 heavy (non-hydrogen) atoms. The average molecular weight is 541 g/mol. The zero-order valence-electron chi connectivity index (χ0n) is 24.1. The van der Waals surface area contributed by atoms with E-state index in [-0.39, 0.29) is 5.92 Å². The first-order chi connectivity index (χ1) is 19.3. The minimum Gasteiger partial charge on any atom is -0.405 e. The zero-order chi connectivity index (χ0) is 28.1. The highest BCUT2D eigenvalue weighted by Crippen LogP contribution is 2.53. The monoisotopic (exact) mass is 540 g/mol. The SMILES string of the molecule is CC(=CC1(O[Si](C)(C)C)C=CC=CC1)C(c1ccccc1)(c1ccccc1)C(c1ccccc1)c1ccccc1. The van der Waals surface area contributed by atoms with E-state index in [0.29, 0.717) is 0 Å². The van der Waals surface area contributed by atoms with Crippen molar-refractivity contribution in [2.24, 2.45) is 0 Å². The third-order valence-electron chi connectivity index (χ3n) is 7.80. The Hall–Kier alpha value is -3.72. The molecule has 2 heteroatoms. The molecule has 1 aliphatic rings. The lowest BCUT2D eigenvalue weighted by Gasteiger charge is -2.46. The molecule has 0 saturated heterocycles. The van der Waals surface area contributed by atoms with Crippen LogP contribution < -0.4 is 0 Å². The van der Waals surface area contributed by atoms with E-state index in [9.17, 15) is 0 Å². The molecule has 0 fully saturated rings. The summed E-state index contributed by atoms with van der Waals surface area (Å²) >= 11 is 0. The van der Waals surface area contributed by atoms with Crippen molar-refractivity contribution in [1.82, 2.24) is 0 Å². The highest BCUT2D eigenvalue weighted by Gasteiger charge is 2.46. The molecule has 4 aromatic rings. The fourth-order valence-corrected chi connectivity index (χ4v) is 7.80. The predicted octanol–water partition coefficient (Wildman–Crippen LogP) is 9.86. The summed E-state index contributed by atoms with van der Waals surface area (Å²) in [6.45, 7) is 9.16. The Morgan fingerprint density at radius 2 is 1.15 bits per heavy atom. The van der Waals surface area contributed by atoms with Gasteiger partial charge in [-0.3, -0.25) is 0 Å². The van der Waals surface area contributed by atoms with Gasteiger partial charge in [-0.25, -0.2) is 0 Å². The molecule has 0 amide bonds. The maximum Gasteiger partial charge on any atom is 0.185 e. The second-order valence-corrected chi connectivity index (χ2v) is 16.2. The van der Waals surface area contributed by atoms with Crippen LogP contribution in [0.2, 0.25) is 19.6 Å². The van der Waals surface area contributed by atoms with E-state index in [1.807, 2.05) is 0 Å². The van der Waals surface area contributed by atoms with Gasteiger partial charge < -0.3 is 4.43 Å². The third kappa shape index (κ3) is 5.75. The first-order valence-corrected chi connectivity index (χ1v) is 17.7. The highest BCUT2D eigenvalue weighted by molar-refractivity contribution is 6.69. The van der Waals surface area contributed by atoms with Crippen molar-refractivity contribution in [2.75, 3.05) is 0 Å². The molecule has 0 bridgehead atoms. The summed E-state index contributed by atoms with van der Waals surface area (Å²) in [5.74, 6) is 0.0305. The fraction of sp³-hybridized carbons (Fsp3) is 0.211. The van der Waals surface area contributed by atoms with E-state index >= 15 is 0 Å². The van der Waals surface area contributed by atoms with Gasteiger partial charge in [0.15, 0.2) is 8.32 Å². The number of allylic oxidation sites excluding steroid dienone is 3. The second kappa shape index (κ2) is 11.8. The molecule has 1 nitrogen and oxygen atoms in total. The van der Waals surface area contributed by atoms with Gasteiger partial charge >= 0.3 is 0 Å². The largest absolute Gasteiger partial charge is 0.405 e. The quantitative estimate of drug-likeness (QED) is 0.152. The summed E-state index contributed by atoms with van der Waals surface area (Å²) in [4.78, 5) is 0. The molecule has 0 aliphatic heterocycles. The molecule has 4 aromatic carbocycles. The number of benzene rings is 4. The second-order valence-electron chi connectivity index (χ2n) is 11.8. The van der Waals surface area contributed by atoms with Gasteiger partial charge in [-0.05, 0) is 61.0 Å². The number of hydrogen-bond donors (Lipinski definition) is 0. The van der Waals surface area contributed by atoms with E-state index in [0.717, 1.165) is 6.42 Å². The maximum absolute atomic E-state index is 7.02. The van der Waals surface area contributed by atoms with Crippen LogP contribution in [0.4, 0.5) is 0 Å². The third-order valence-corrected chi connectivity index (χ3v) is 8.79. The van der Waals surface area contributed by atoms with Gasteiger partial charge in [0.1, 0.15) is 0 Å². The molecule has 1 atom stereocenters. The Labute approximate surface area is 241 Å². The molecular weight excluding hydrogens is 501 g/mol. The number of rotatable bonds is 9. The highest BCUT2D eigenvalue weighted by atomic mass is 28.4. The van der Waals surface area contributed by atoms with Crippen LogP contribution in [0.1, 0.15) is 41.5 Å². The molecule has 1 aliphatic carbocycles. The van der Waals surface area contributed by atoms with Crippen molar-refractivity contribution in [3.8, 4) is 0 Å². The van der Waals surface area contributed by atoms with Gasteiger partial charge in [-0.2, -0.15) is 0 Å². The van der Waals surface area contributed by atoms with Crippen molar-refractivity contribution in [2.45, 2.75) is 49.9 Å². The van der Waals surface area contributed by atoms with Gasteiger partial charge in [0.25, 0.3) is 0 Å². The summed E-state index contributed by atoms with van der Waals surface area (Å²) < 4.78 is 7.02. The van der Waals surface area contributed by atoms with Crippen molar-refractivity contribution < 1.29 is 4.43 Å². The van der Waals surface area contributed by atoms with Gasteiger partial charge in [0.05, 0.1) is 11.0 Å². The van der Waals surface area contributed by atoms with Crippen LogP contribution in [-0.4, -0.2) is 13.9 Å². The molecule has 0 spiro atoms. The summed E-state index contributed by atoms with van der Waals surface area (Å²) in [6.07, 6.45) is 12.0. The van der Waals surface area contributed by atoms with Crippen LogP contribution in [0.3, 0.4) is 0 Å². The lowest BCUT2D eigenvalue weighted by molar-refractivity contribution is 0.163. The van der Waals surface area contributed by atoms with Crippen LogP contribution in [0.25, 0.3) is 0 Å². The lowest BCUT2D eigenvalue weighted by Crippen LogP contribution is -2.43. The fourth-order valence-electron chi connectivity index (χ4n) is 6.45.